The molecule has 1 heterocycles. The number of hydrogen-bond donors (Lipinski definition) is 0. The topological polar surface area (TPSA) is 0 Å². The summed E-state index contributed by atoms with van der Waals surface area (Å²) in [6.07, 6.45) is 1.57. The van der Waals surface area contributed by atoms with Crippen molar-refractivity contribution in [3.8, 4) is 0 Å². The van der Waals surface area contributed by atoms with E-state index in [-0.39, 0.29) is 0 Å². The predicted molar refractivity (Wildman–Crippen MR) is 89.4 cm³/mol. The Kier molecular flexibility index (Phi) is 4.38. The van der Waals surface area contributed by atoms with Gasteiger partial charge in [-0.15, -0.1) is 0 Å². The Balaban J connectivity index is 2.87. The standard InChI is InChI=1S/C7H18B8/c1-7(2,3)6-4-11-5-13(6)15(12-8)14(9)10/h4-5,12H,8-10H2,1-3H3. The molecule has 0 unspecified atom stereocenters. The summed E-state index contributed by atoms with van der Waals surface area (Å²) < 4.78 is 0. The van der Waals surface area contributed by atoms with Crippen molar-refractivity contribution in [2.24, 2.45) is 5.41 Å². The van der Waals surface area contributed by atoms with Gasteiger partial charge in [-0.1, -0.05) is 0 Å². The minimum absolute atomic E-state index is 0.316. The maximum absolute atomic E-state index is 2.40. The van der Waals surface area contributed by atoms with E-state index in [4.69, 9.17) is 0 Å². The van der Waals surface area contributed by atoms with Crippen LogP contribution in [0.5, 0.6) is 0 Å². The Morgan fingerprint density at radius 1 is 1.40 bits per heavy atom. The molecule has 0 saturated heterocycles. The molecule has 0 atom stereocenters. The van der Waals surface area contributed by atoms with Gasteiger partial charge in [0, 0.05) is 0 Å². The molecule has 0 fully saturated rings. The summed E-state index contributed by atoms with van der Waals surface area (Å²) in [5.41, 5.74) is 1.93. The second kappa shape index (κ2) is 4.97. The van der Waals surface area contributed by atoms with Crippen LogP contribution >= 0.6 is 0 Å². The SMILES string of the molecule is BBB(B(B)B)B1C=BC=C1C(C)(C)C. The maximum atomic E-state index is 2.40. The van der Waals surface area contributed by atoms with Gasteiger partial charge in [0.15, 0.2) is 0 Å². The first-order chi connectivity index (χ1) is 6.88. The van der Waals surface area contributed by atoms with Crippen molar-refractivity contribution in [2.45, 2.75) is 20.8 Å². The second-order valence-electron chi connectivity index (χ2n) is 6.10. The first kappa shape index (κ1) is 13.2. The van der Waals surface area contributed by atoms with Gasteiger partial charge >= 0.3 is 100 Å². The molecule has 0 radical (unpaired) electrons. The molecule has 0 bridgehead atoms. The average molecular weight is 189 g/mol. The van der Waals surface area contributed by atoms with Crippen LogP contribution in [0, 0.1) is 5.41 Å². The zero-order valence-electron chi connectivity index (χ0n) is 11.2. The van der Waals surface area contributed by atoms with Crippen molar-refractivity contribution >= 4 is 62.4 Å². The summed E-state index contributed by atoms with van der Waals surface area (Å²) in [6.45, 7) is 9.90. The van der Waals surface area contributed by atoms with Gasteiger partial charge in [-0.05, 0) is 0 Å². The average Bonchev–Trinajstić information content (AvgIpc) is 2.52. The molecule has 70 valence electrons. The summed E-state index contributed by atoms with van der Waals surface area (Å²) in [5, 5.41) is 0. The number of allylic oxidation sites excluding steroid dienone is 1. The van der Waals surface area contributed by atoms with Gasteiger partial charge in [0.05, 0.1) is 0 Å². The van der Waals surface area contributed by atoms with Crippen LogP contribution in [0.3, 0.4) is 0 Å². The normalized spacial score (nSPS) is 14.6. The Bertz CT molecular complexity index is 275. The molecule has 0 saturated carbocycles. The van der Waals surface area contributed by atoms with Crippen LogP contribution in [0.15, 0.2) is 11.4 Å². The third kappa shape index (κ3) is 3.04. The quantitative estimate of drug-likeness (QED) is 0.412. The van der Waals surface area contributed by atoms with Crippen LogP contribution in [-0.2, 0) is 0 Å². The van der Waals surface area contributed by atoms with E-state index in [0.29, 0.717) is 12.0 Å². The van der Waals surface area contributed by atoms with Gasteiger partial charge in [0.25, 0.3) is 0 Å². The monoisotopic (exact) mass is 190 g/mol. The third-order valence-corrected chi connectivity index (χ3v) is 3.61. The molecule has 0 amide bonds. The van der Waals surface area contributed by atoms with E-state index >= 15 is 0 Å². The number of rotatable bonds is 3. The Labute approximate surface area is 100 Å². The van der Waals surface area contributed by atoms with Crippen LogP contribution < -0.4 is 0 Å². The van der Waals surface area contributed by atoms with Crippen molar-refractivity contribution in [1.82, 2.24) is 0 Å². The van der Waals surface area contributed by atoms with Crippen LogP contribution in [0.4, 0.5) is 0 Å². The summed E-state index contributed by atoms with van der Waals surface area (Å²) in [4.78, 5) is 0. The molecule has 0 aromatic rings. The summed E-state index contributed by atoms with van der Waals surface area (Å²) in [6, 6.07) is 0. The summed E-state index contributed by atoms with van der Waals surface area (Å²) >= 11 is 0. The molecule has 1 rings (SSSR count). The van der Waals surface area contributed by atoms with Crippen molar-refractivity contribution < 1.29 is 0 Å². The molecule has 8 heteroatoms. The van der Waals surface area contributed by atoms with Gasteiger partial charge in [-0.3, -0.25) is 0 Å². The number of hydrogen-bond acceptors (Lipinski definition) is 0. The zero-order chi connectivity index (χ0) is 11.6. The van der Waals surface area contributed by atoms with Gasteiger partial charge < -0.3 is 0 Å². The van der Waals surface area contributed by atoms with Crippen LogP contribution in [0.2, 0.25) is 0 Å². The first-order valence-electron chi connectivity index (χ1n) is 6.26. The molecule has 15 heavy (non-hydrogen) atoms. The van der Waals surface area contributed by atoms with Gasteiger partial charge in [0.2, 0.25) is 0 Å². The summed E-state index contributed by atoms with van der Waals surface area (Å²) in [7, 11) is 8.29. The Morgan fingerprint density at radius 2 is 2.00 bits per heavy atom. The van der Waals surface area contributed by atoms with E-state index in [9.17, 15) is 0 Å². The second-order valence-corrected chi connectivity index (χ2v) is 6.10. The minimum atomic E-state index is 0.316. The van der Waals surface area contributed by atoms with Crippen LogP contribution in [0.1, 0.15) is 20.8 Å². The molecule has 0 spiro atoms. The van der Waals surface area contributed by atoms with E-state index in [2.05, 4.69) is 62.7 Å². The molecular weight excluding hydrogens is 171 g/mol. The van der Waals surface area contributed by atoms with Gasteiger partial charge in [0.1, 0.15) is 0 Å². The van der Waals surface area contributed by atoms with Crippen LogP contribution in [-0.4, -0.2) is 62.4 Å². The van der Waals surface area contributed by atoms with Gasteiger partial charge in [-0.25, -0.2) is 0 Å². The van der Waals surface area contributed by atoms with Crippen molar-refractivity contribution in [2.75, 3.05) is 0 Å². The molecule has 0 aromatic heterocycles. The molecule has 0 aliphatic carbocycles. The van der Waals surface area contributed by atoms with Crippen molar-refractivity contribution in [3.05, 3.63) is 11.4 Å². The molecule has 0 aromatic carbocycles. The van der Waals surface area contributed by atoms with E-state index in [0.717, 1.165) is 12.8 Å². The van der Waals surface area contributed by atoms with E-state index in [1.165, 1.54) is 7.06 Å². The molecule has 0 N–H and O–H groups in total. The molecule has 1 aliphatic heterocycles. The first-order valence-corrected chi connectivity index (χ1v) is 6.26. The molecular formula is C7H18B8. The fourth-order valence-electron chi connectivity index (χ4n) is 2.76. The van der Waals surface area contributed by atoms with Crippen molar-refractivity contribution in [3.63, 3.8) is 0 Å². The van der Waals surface area contributed by atoms with Gasteiger partial charge in [-0.2, -0.15) is 0 Å². The molecule has 0 nitrogen and oxygen atoms in total. The third-order valence-electron chi connectivity index (χ3n) is 3.61. The Morgan fingerprint density at radius 3 is 2.40 bits per heavy atom. The van der Waals surface area contributed by atoms with E-state index in [1.54, 1.807) is 5.47 Å². The van der Waals surface area contributed by atoms with E-state index < -0.39 is 0 Å². The zero-order valence-corrected chi connectivity index (χ0v) is 11.2. The van der Waals surface area contributed by atoms with Crippen molar-refractivity contribution in [1.29, 1.82) is 0 Å². The summed E-state index contributed by atoms with van der Waals surface area (Å²) in [5.74, 6) is 4.73. The molecule has 1 aliphatic rings. The predicted octanol–water partition coefficient (Wildman–Crippen LogP) is -3.10. The Hall–Kier alpha value is 0.129. The fourth-order valence-corrected chi connectivity index (χ4v) is 2.76. The van der Waals surface area contributed by atoms with E-state index in [1.807, 2.05) is 0 Å². The fraction of sp³-hybridized carbons (Fsp3) is 0.571. The van der Waals surface area contributed by atoms with Crippen LogP contribution in [0.25, 0.3) is 0 Å².